The normalized spacial score (nSPS) is 10.7. The lowest BCUT2D eigenvalue weighted by Gasteiger charge is -2.11. The molecular weight excluding hydrogens is 244 g/mol. The van der Waals surface area contributed by atoms with Gasteiger partial charge in [-0.05, 0) is 53.6 Å². The molecule has 0 aliphatic rings. The van der Waals surface area contributed by atoms with Gasteiger partial charge in [-0.2, -0.15) is 0 Å². The van der Waals surface area contributed by atoms with Gasteiger partial charge in [-0.1, -0.05) is 57.0 Å². The van der Waals surface area contributed by atoms with Gasteiger partial charge in [0.1, 0.15) is 5.75 Å². The molecule has 0 fully saturated rings. The molecule has 20 heavy (non-hydrogen) atoms. The van der Waals surface area contributed by atoms with E-state index in [2.05, 4.69) is 32.0 Å². The number of rotatable bonds is 6. The minimum absolute atomic E-state index is 0.322. The molecule has 0 bridgehead atoms. The molecule has 0 unspecified atom stereocenters. The molecule has 1 nitrogen and oxygen atoms in total. The minimum Gasteiger partial charge on any atom is -0.508 e. The van der Waals surface area contributed by atoms with Crippen molar-refractivity contribution in [3.8, 4) is 16.9 Å². The second-order valence-corrected chi connectivity index (χ2v) is 5.35. The van der Waals surface area contributed by atoms with E-state index in [4.69, 9.17) is 0 Å². The Morgan fingerprint density at radius 1 is 0.900 bits per heavy atom. The summed E-state index contributed by atoms with van der Waals surface area (Å²) in [6.45, 7) is 4.44. The fraction of sp³-hybridized carbons (Fsp3) is 0.368. The first kappa shape index (κ1) is 14.6. The summed E-state index contributed by atoms with van der Waals surface area (Å²) in [5.74, 6) is 0.322. The Morgan fingerprint density at radius 3 is 2.30 bits per heavy atom. The van der Waals surface area contributed by atoms with Gasteiger partial charge in [-0.3, -0.25) is 0 Å². The highest BCUT2D eigenvalue weighted by molar-refractivity contribution is 5.68. The highest BCUT2D eigenvalue weighted by Gasteiger charge is 2.05. The van der Waals surface area contributed by atoms with Gasteiger partial charge in [-0.15, -0.1) is 0 Å². The molecule has 2 aromatic rings. The summed E-state index contributed by atoms with van der Waals surface area (Å²) in [6, 6.07) is 14.3. The molecule has 0 saturated heterocycles. The maximum absolute atomic E-state index is 9.39. The smallest absolute Gasteiger partial charge is 0.115 e. The van der Waals surface area contributed by atoms with E-state index in [-0.39, 0.29) is 0 Å². The molecule has 0 aliphatic carbocycles. The van der Waals surface area contributed by atoms with Crippen molar-refractivity contribution in [1.29, 1.82) is 0 Å². The van der Waals surface area contributed by atoms with Crippen LogP contribution < -0.4 is 0 Å². The quantitative estimate of drug-likeness (QED) is 0.700. The van der Waals surface area contributed by atoms with E-state index in [0.29, 0.717) is 5.75 Å². The molecule has 1 heteroatoms. The molecule has 0 aromatic heterocycles. The van der Waals surface area contributed by atoms with Gasteiger partial charge in [0, 0.05) is 0 Å². The van der Waals surface area contributed by atoms with Crippen molar-refractivity contribution >= 4 is 0 Å². The summed E-state index contributed by atoms with van der Waals surface area (Å²) in [5.41, 5.74) is 5.30. The van der Waals surface area contributed by atoms with Gasteiger partial charge in [0.2, 0.25) is 0 Å². The number of aryl methyl sites for hydroxylation is 2. The second kappa shape index (κ2) is 7.14. The van der Waals surface area contributed by atoms with Gasteiger partial charge in [0.05, 0.1) is 0 Å². The fourth-order valence-corrected chi connectivity index (χ4v) is 2.60. The minimum atomic E-state index is 0.322. The molecule has 2 rings (SSSR count). The summed E-state index contributed by atoms with van der Waals surface area (Å²) in [4.78, 5) is 0. The standard InChI is InChI=1S/C19H24O/c1-3-5-6-7-15-8-13-19(16(4-2)14-15)17-9-11-18(20)12-10-17/h8-14,20H,3-7H2,1-2H3. The van der Waals surface area contributed by atoms with Crippen LogP contribution in [0, 0.1) is 0 Å². The van der Waals surface area contributed by atoms with Crippen LogP contribution in [-0.2, 0) is 12.8 Å². The first-order chi connectivity index (χ1) is 9.74. The summed E-state index contributed by atoms with van der Waals surface area (Å²) < 4.78 is 0. The van der Waals surface area contributed by atoms with Crippen LogP contribution in [0.5, 0.6) is 5.75 Å². The summed E-state index contributed by atoms with van der Waals surface area (Å²) in [5, 5.41) is 9.39. The van der Waals surface area contributed by atoms with Crippen molar-refractivity contribution in [2.24, 2.45) is 0 Å². The topological polar surface area (TPSA) is 20.2 Å². The van der Waals surface area contributed by atoms with Gasteiger partial charge in [0.15, 0.2) is 0 Å². The van der Waals surface area contributed by atoms with Crippen molar-refractivity contribution < 1.29 is 5.11 Å². The van der Waals surface area contributed by atoms with E-state index >= 15 is 0 Å². The van der Waals surface area contributed by atoms with Gasteiger partial charge >= 0.3 is 0 Å². The zero-order chi connectivity index (χ0) is 14.4. The molecule has 2 aromatic carbocycles. The average Bonchev–Trinajstić information content (AvgIpc) is 2.48. The predicted octanol–water partition coefficient (Wildman–Crippen LogP) is 5.35. The molecule has 106 valence electrons. The molecule has 0 amide bonds. The first-order valence-electron chi connectivity index (χ1n) is 7.65. The largest absolute Gasteiger partial charge is 0.508 e. The van der Waals surface area contributed by atoms with Crippen LogP contribution in [-0.4, -0.2) is 5.11 Å². The van der Waals surface area contributed by atoms with E-state index in [1.54, 1.807) is 12.1 Å². The van der Waals surface area contributed by atoms with Gasteiger partial charge in [0.25, 0.3) is 0 Å². The molecule has 1 N–H and O–H groups in total. The maximum atomic E-state index is 9.39. The third kappa shape index (κ3) is 3.63. The highest BCUT2D eigenvalue weighted by atomic mass is 16.3. The van der Waals surface area contributed by atoms with Crippen LogP contribution in [0.1, 0.15) is 44.2 Å². The number of unbranched alkanes of at least 4 members (excludes halogenated alkanes) is 2. The maximum Gasteiger partial charge on any atom is 0.115 e. The monoisotopic (exact) mass is 268 g/mol. The van der Waals surface area contributed by atoms with E-state index in [1.165, 1.54) is 47.9 Å². The summed E-state index contributed by atoms with van der Waals surface area (Å²) in [6.07, 6.45) is 6.07. The number of phenols is 1. The Balaban J connectivity index is 2.23. The average molecular weight is 268 g/mol. The van der Waals surface area contributed by atoms with E-state index in [9.17, 15) is 5.11 Å². The van der Waals surface area contributed by atoms with Crippen LogP contribution in [0.2, 0.25) is 0 Å². The van der Waals surface area contributed by atoms with Crippen molar-refractivity contribution in [3.05, 3.63) is 53.6 Å². The third-order valence-corrected chi connectivity index (χ3v) is 3.80. The zero-order valence-corrected chi connectivity index (χ0v) is 12.5. The Morgan fingerprint density at radius 2 is 1.65 bits per heavy atom. The van der Waals surface area contributed by atoms with Crippen LogP contribution in [0.3, 0.4) is 0 Å². The number of hydrogen-bond acceptors (Lipinski definition) is 1. The van der Waals surface area contributed by atoms with Crippen LogP contribution in [0.4, 0.5) is 0 Å². The van der Waals surface area contributed by atoms with Crippen LogP contribution >= 0.6 is 0 Å². The van der Waals surface area contributed by atoms with E-state index in [0.717, 1.165) is 6.42 Å². The van der Waals surface area contributed by atoms with Crippen molar-refractivity contribution in [1.82, 2.24) is 0 Å². The summed E-state index contributed by atoms with van der Waals surface area (Å²) in [7, 11) is 0. The second-order valence-electron chi connectivity index (χ2n) is 5.35. The number of phenolic OH excluding ortho intramolecular Hbond substituents is 1. The van der Waals surface area contributed by atoms with Crippen molar-refractivity contribution in [2.75, 3.05) is 0 Å². The lowest BCUT2D eigenvalue weighted by Crippen LogP contribution is -1.92. The van der Waals surface area contributed by atoms with E-state index < -0.39 is 0 Å². The van der Waals surface area contributed by atoms with Gasteiger partial charge < -0.3 is 5.11 Å². The SMILES string of the molecule is CCCCCc1ccc(-c2ccc(O)cc2)c(CC)c1. The molecular formula is C19H24O. The van der Waals surface area contributed by atoms with Gasteiger partial charge in [-0.25, -0.2) is 0 Å². The molecule has 0 aliphatic heterocycles. The van der Waals surface area contributed by atoms with Crippen molar-refractivity contribution in [2.45, 2.75) is 46.0 Å². The zero-order valence-electron chi connectivity index (χ0n) is 12.5. The Labute approximate surface area is 122 Å². The Kier molecular flexibility index (Phi) is 5.23. The molecule has 0 heterocycles. The number of benzene rings is 2. The predicted molar refractivity (Wildman–Crippen MR) is 86.1 cm³/mol. The Bertz CT molecular complexity index is 540. The number of aromatic hydroxyl groups is 1. The summed E-state index contributed by atoms with van der Waals surface area (Å²) >= 11 is 0. The first-order valence-corrected chi connectivity index (χ1v) is 7.65. The Hall–Kier alpha value is -1.76. The molecule has 0 radical (unpaired) electrons. The molecule has 0 spiro atoms. The molecule has 0 atom stereocenters. The van der Waals surface area contributed by atoms with E-state index in [1.807, 2.05) is 12.1 Å². The fourth-order valence-electron chi connectivity index (χ4n) is 2.60. The lowest BCUT2D eigenvalue weighted by atomic mass is 9.94. The molecule has 0 saturated carbocycles. The third-order valence-electron chi connectivity index (χ3n) is 3.80. The number of hydrogen-bond donors (Lipinski definition) is 1. The lowest BCUT2D eigenvalue weighted by molar-refractivity contribution is 0.475. The van der Waals surface area contributed by atoms with Crippen LogP contribution in [0.25, 0.3) is 11.1 Å². The highest BCUT2D eigenvalue weighted by Crippen LogP contribution is 2.27. The van der Waals surface area contributed by atoms with Crippen molar-refractivity contribution in [3.63, 3.8) is 0 Å². The van der Waals surface area contributed by atoms with Crippen LogP contribution in [0.15, 0.2) is 42.5 Å².